The predicted octanol–water partition coefficient (Wildman–Crippen LogP) is 3.40. The molecule has 108 valence electrons. The zero-order valence-electron chi connectivity index (χ0n) is 11.9. The summed E-state index contributed by atoms with van der Waals surface area (Å²) >= 11 is 6.05. The Hall–Kier alpha value is -1.84. The lowest BCUT2D eigenvalue weighted by Gasteiger charge is -2.23. The molecule has 0 aromatic heterocycles. The smallest absolute Gasteiger partial charge is 0.258 e. The van der Waals surface area contributed by atoms with Crippen molar-refractivity contribution in [1.29, 1.82) is 0 Å². The molecule has 3 rings (SSSR count). The number of para-hydroxylation sites is 1. The van der Waals surface area contributed by atoms with Crippen molar-refractivity contribution in [2.45, 2.75) is 13.5 Å². The number of carbonyl (C=O) groups excluding carboxylic acids is 1. The van der Waals surface area contributed by atoms with Crippen LogP contribution in [0.1, 0.15) is 21.5 Å². The predicted molar refractivity (Wildman–Crippen MR) is 86.0 cm³/mol. The van der Waals surface area contributed by atoms with Gasteiger partial charge in [-0.2, -0.15) is 0 Å². The van der Waals surface area contributed by atoms with Crippen LogP contribution in [-0.2, 0) is 6.54 Å². The van der Waals surface area contributed by atoms with E-state index in [0.29, 0.717) is 17.1 Å². The minimum Gasteiger partial charge on any atom is -0.311 e. The molecule has 0 spiro atoms. The molecule has 0 radical (unpaired) electrons. The fourth-order valence-corrected chi connectivity index (χ4v) is 2.81. The number of anilines is 1. The highest BCUT2D eigenvalue weighted by molar-refractivity contribution is 6.31. The number of fused-ring (bicyclic) bond motifs is 1. The van der Waals surface area contributed by atoms with E-state index in [-0.39, 0.29) is 5.91 Å². The Morgan fingerprint density at radius 3 is 2.90 bits per heavy atom. The molecule has 1 aliphatic heterocycles. The molecule has 0 aliphatic carbocycles. The number of halogens is 1. The van der Waals surface area contributed by atoms with Crippen molar-refractivity contribution < 1.29 is 4.79 Å². The van der Waals surface area contributed by atoms with Crippen LogP contribution in [0.4, 0.5) is 5.69 Å². The summed E-state index contributed by atoms with van der Waals surface area (Å²) in [6.45, 7) is 4.15. The lowest BCUT2D eigenvalue weighted by molar-refractivity contribution is 0.0987. The zero-order chi connectivity index (χ0) is 14.8. The van der Waals surface area contributed by atoms with Gasteiger partial charge >= 0.3 is 0 Å². The van der Waals surface area contributed by atoms with Crippen LogP contribution in [0.5, 0.6) is 0 Å². The number of nitrogens with one attached hydrogen (secondary N) is 1. The van der Waals surface area contributed by atoms with Crippen molar-refractivity contribution in [1.82, 2.24) is 5.32 Å². The average Bonchev–Trinajstić information content (AvgIpc) is 2.71. The van der Waals surface area contributed by atoms with Gasteiger partial charge in [-0.15, -0.1) is 0 Å². The quantitative estimate of drug-likeness (QED) is 0.875. The number of benzene rings is 2. The van der Waals surface area contributed by atoms with Crippen LogP contribution >= 0.6 is 11.6 Å². The molecule has 0 unspecified atom stereocenters. The first-order chi connectivity index (χ1) is 10.2. The first-order valence-corrected chi connectivity index (χ1v) is 7.41. The molecule has 1 N–H and O–H groups in total. The second-order valence-corrected chi connectivity index (χ2v) is 5.66. The third kappa shape index (κ3) is 2.80. The molecule has 1 aliphatic rings. The van der Waals surface area contributed by atoms with E-state index in [1.165, 1.54) is 0 Å². The van der Waals surface area contributed by atoms with Gasteiger partial charge in [0.15, 0.2) is 0 Å². The van der Waals surface area contributed by atoms with Gasteiger partial charge in [0.25, 0.3) is 5.91 Å². The lowest BCUT2D eigenvalue weighted by Crippen LogP contribution is -2.35. The molecule has 0 saturated carbocycles. The third-order valence-electron chi connectivity index (χ3n) is 3.79. The molecule has 1 heterocycles. The second kappa shape index (κ2) is 5.88. The monoisotopic (exact) mass is 300 g/mol. The molecule has 0 fully saturated rings. The maximum atomic E-state index is 12.9. The molecular weight excluding hydrogens is 284 g/mol. The Labute approximate surface area is 129 Å². The fourth-order valence-electron chi connectivity index (χ4n) is 2.64. The van der Waals surface area contributed by atoms with E-state index < -0.39 is 0 Å². The van der Waals surface area contributed by atoms with Crippen molar-refractivity contribution in [3.05, 3.63) is 64.2 Å². The Balaban J connectivity index is 2.03. The van der Waals surface area contributed by atoms with E-state index in [1.807, 2.05) is 42.2 Å². The molecule has 1 amide bonds. The first-order valence-electron chi connectivity index (χ1n) is 7.03. The zero-order valence-corrected chi connectivity index (χ0v) is 12.7. The van der Waals surface area contributed by atoms with E-state index in [2.05, 4.69) is 11.4 Å². The highest BCUT2D eigenvalue weighted by atomic mass is 35.5. The van der Waals surface area contributed by atoms with Crippen LogP contribution in [0.25, 0.3) is 0 Å². The standard InChI is InChI=1S/C17H17ClN2O/c1-12-6-7-14(18)10-15(12)17(21)20-9-8-19-11-13-4-2-3-5-16(13)20/h2-7,10,19H,8-9,11H2,1H3. The molecule has 0 saturated heterocycles. The largest absolute Gasteiger partial charge is 0.311 e. The molecule has 3 nitrogen and oxygen atoms in total. The SMILES string of the molecule is Cc1ccc(Cl)cc1C(=O)N1CCNCc2ccccc21. The van der Waals surface area contributed by atoms with Gasteiger partial charge in [-0.3, -0.25) is 4.79 Å². The van der Waals surface area contributed by atoms with Crippen molar-refractivity contribution in [3.63, 3.8) is 0 Å². The maximum Gasteiger partial charge on any atom is 0.258 e. The van der Waals surface area contributed by atoms with Crippen LogP contribution < -0.4 is 10.2 Å². The molecule has 2 aromatic rings. The van der Waals surface area contributed by atoms with Gasteiger partial charge in [0, 0.05) is 35.9 Å². The van der Waals surface area contributed by atoms with Crippen molar-refractivity contribution >= 4 is 23.2 Å². The van der Waals surface area contributed by atoms with Crippen molar-refractivity contribution in [2.24, 2.45) is 0 Å². The van der Waals surface area contributed by atoms with Gasteiger partial charge in [0.05, 0.1) is 0 Å². The number of hydrogen-bond donors (Lipinski definition) is 1. The van der Waals surface area contributed by atoms with Gasteiger partial charge in [-0.05, 0) is 36.2 Å². The number of rotatable bonds is 1. The summed E-state index contributed by atoms with van der Waals surface area (Å²) in [6, 6.07) is 13.5. The summed E-state index contributed by atoms with van der Waals surface area (Å²) in [7, 11) is 0. The Kier molecular flexibility index (Phi) is 3.95. The molecule has 4 heteroatoms. The van der Waals surface area contributed by atoms with Crippen LogP contribution in [0.2, 0.25) is 5.02 Å². The first kappa shape index (κ1) is 14.1. The molecular formula is C17H17ClN2O. The van der Waals surface area contributed by atoms with Gasteiger partial charge in [-0.25, -0.2) is 0 Å². The Bertz CT molecular complexity index is 684. The van der Waals surface area contributed by atoms with E-state index in [9.17, 15) is 4.79 Å². The number of carbonyl (C=O) groups is 1. The fraction of sp³-hybridized carbons (Fsp3) is 0.235. The van der Waals surface area contributed by atoms with E-state index in [4.69, 9.17) is 11.6 Å². The number of aryl methyl sites for hydroxylation is 1. The van der Waals surface area contributed by atoms with Crippen LogP contribution in [0.15, 0.2) is 42.5 Å². The van der Waals surface area contributed by atoms with Crippen LogP contribution in [-0.4, -0.2) is 19.0 Å². The van der Waals surface area contributed by atoms with E-state index in [1.54, 1.807) is 6.07 Å². The third-order valence-corrected chi connectivity index (χ3v) is 4.02. The number of hydrogen-bond acceptors (Lipinski definition) is 2. The number of amides is 1. The van der Waals surface area contributed by atoms with Gasteiger partial charge in [-0.1, -0.05) is 35.9 Å². The van der Waals surface area contributed by atoms with Gasteiger partial charge < -0.3 is 10.2 Å². The lowest BCUT2D eigenvalue weighted by atomic mass is 10.1. The Morgan fingerprint density at radius 1 is 1.24 bits per heavy atom. The van der Waals surface area contributed by atoms with Crippen molar-refractivity contribution in [2.75, 3.05) is 18.0 Å². The van der Waals surface area contributed by atoms with Crippen molar-refractivity contribution in [3.8, 4) is 0 Å². The van der Waals surface area contributed by atoms with Crippen LogP contribution in [0, 0.1) is 6.92 Å². The van der Waals surface area contributed by atoms with E-state index in [0.717, 1.165) is 29.9 Å². The van der Waals surface area contributed by atoms with E-state index >= 15 is 0 Å². The molecule has 2 aromatic carbocycles. The van der Waals surface area contributed by atoms with Crippen LogP contribution in [0.3, 0.4) is 0 Å². The minimum atomic E-state index is 0.00569. The topological polar surface area (TPSA) is 32.3 Å². The highest BCUT2D eigenvalue weighted by Crippen LogP contribution is 2.25. The minimum absolute atomic E-state index is 0.00569. The summed E-state index contributed by atoms with van der Waals surface area (Å²) < 4.78 is 0. The maximum absolute atomic E-state index is 12.9. The number of nitrogens with zero attached hydrogens (tertiary/aromatic N) is 1. The normalized spacial score (nSPS) is 14.5. The average molecular weight is 301 g/mol. The van der Waals surface area contributed by atoms with Gasteiger partial charge in [0.2, 0.25) is 0 Å². The summed E-state index contributed by atoms with van der Waals surface area (Å²) in [6.07, 6.45) is 0. The second-order valence-electron chi connectivity index (χ2n) is 5.22. The Morgan fingerprint density at radius 2 is 2.05 bits per heavy atom. The van der Waals surface area contributed by atoms with Gasteiger partial charge in [0.1, 0.15) is 0 Å². The summed E-state index contributed by atoms with van der Waals surface area (Å²) in [4.78, 5) is 14.8. The molecule has 0 atom stereocenters. The molecule has 21 heavy (non-hydrogen) atoms. The summed E-state index contributed by atoms with van der Waals surface area (Å²) in [5.41, 5.74) is 3.73. The summed E-state index contributed by atoms with van der Waals surface area (Å²) in [5, 5.41) is 3.93. The molecule has 0 bridgehead atoms. The summed E-state index contributed by atoms with van der Waals surface area (Å²) in [5.74, 6) is 0.00569. The highest BCUT2D eigenvalue weighted by Gasteiger charge is 2.23.